The van der Waals surface area contributed by atoms with E-state index in [0.717, 1.165) is 21.8 Å². The molecule has 0 spiro atoms. The predicted octanol–water partition coefficient (Wildman–Crippen LogP) is 6.22. The first-order chi connectivity index (χ1) is 21.6. The number of hydrogen-bond donors (Lipinski definition) is 1. The number of benzene rings is 3. The number of rotatable bonds is 10. The molecule has 0 unspecified atom stereocenters. The number of nitrogens with zero attached hydrogens (tertiary/aromatic N) is 3. The molecule has 1 aliphatic heterocycles. The molecule has 1 aromatic heterocycles. The summed E-state index contributed by atoms with van der Waals surface area (Å²) in [7, 11) is 0. The van der Waals surface area contributed by atoms with Crippen LogP contribution in [0.4, 0.5) is 10.8 Å². The Morgan fingerprint density at radius 3 is 2.47 bits per heavy atom. The van der Waals surface area contributed by atoms with Crippen LogP contribution >= 0.6 is 11.3 Å². The van der Waals surface area contributed by atoms with E-state index in [4.69, 9.17) is 9.47 Å². The van der Waals surface area contributed by atoms with Crippen molar-refractivity contribution < 1.29 is 33.9 Å². The van der Waals surface area contributed by atoms with Gasteiger partial charge in [-0.3, -0.25) is 24.6 Å². The second-order valence-electron chi connectivity index (χ2n) is 10.1. The van der Waals surface area contributed by atoms with Crippen molar-refractivity contribution in [1.82, 2.24) is 4.98 Å². The van der Waals surface area contributed by atoms with Gasteiger partial charge in [-0.15, -0.1) is 0 Å². The Morgan fingerprint density at radius 2 is 1.82 bits per heavy atom. The van der Waals surface area contributed by atoms with Gasteiger partial charge in [0.25, 0.3) is 11.5 Å². The number of carbonyl (C=O) groups excluding carboxylic acids is 3. The Kier molecular flexibility index (Phi) is 8.86. The van der Waals surface area contributed by atoms with Crippen LogP contribution in [0.25, 0.3) is 5.76 Å². The predicted molar refractivity (Wildman–Crippen MR) is 167 cm³/mol. The zero-order valence-electron chi connectivity index (χ0n) is 24.3. The number of aromatic nitrogens is 1. The van der Waals surface area contributed by atoms with E-state index in [-0.39, 0.29) is 39.1 Å². The molecule has 4 aromatic rings. The minimum atomic E-state index is -1.21. The summed E-state index contributed by atoms with van der Waals surface area (Å²) in [6.07, 6.45) is 1.41. The molecular weight excluding hydrogens is 598 g/mol. The number of thiazole rings is 1. The van der Waals surface area contributed by atoms with E-state index in [9.17, 15) is 29.6 Å². The van der Waals surface area contributed by atoms with Crippen LogP contribution in [0.3, 0.4) is 0 Å². The summed E-state index contributed by atoms with van der Waals surface area (Å²) < 4.78 is 11.1. The highest BCUT2D eigenvalue weighted by Gasteiger charge is 2.48. The quantitative estimate of drug-likeness (QED) is 0.0412. The van der Waals surface area contributed by atoms with Gasteiger partial charge in [0.05, 0.1) is 22.2 Å². The largest absolute Gasteiger partial charge is 0.507 e. The number of hydrogen-bond acceptors (Lipinski definition) is 10. The van der Waals surface area contributed by atoms with Crippen LogP contribution in [0.15, 0.2) is 91.0 Å². The van der Waals surface area contributed by atoms with E-state index >= 15 is 0 Å². The van der Waals surface area contributed by atoms with Crippen molar-refractivity contribution in [3.63, 3.8) is 0 Å². The Labute approximate surface area is 261 Å². The molecule has 45 heavy (non-hydrogen) atoms. The zero-order valence-corrected chi connectivity index (χ0v) is 25.1. The van der Waals surface area contributed by atoms with Gasteiger partial charge in [0.1, 0.15) is 29.6 Å². The van der Waals surface area contributed by atoms with Gasteiger partial charge in [-0.1, -0.05) is 54.3 Å². The average Bonchev–Trinajstić information content (AvgIpc) is 3.55. The van der Waals surface area contributed by atoms with E-state index in [0.29, 0.717) is 23.5 Å². The first-order valence-corrected chi connectivity index (χ1v) is 14.5. The van der Waals surface area contributed by atoms with E-state index < -0.39 is 34.4 Å². The third kappa shape index (κ3) is 6.22. The van der Waals surface area contributed by atoms with Gasteiger partial charge < -0.3 is 14.6 Å². The third-order valence-electron chi connectivity index (χ3n) is 7.06. The highest BCUT2D eigenvalue weighted by Crippen LogP contribution is 2.44. The van der Waals surface area contributed by atoms with E-state index in [1.54, 1.807) is 32.0 Å². The number of anilines is 1. The molecule has 0 aliphatic carbocycles. The molecule has 1 saturated heterocycles. The Morgan fingerprint density at radius 1 is 1.11 bits per heavy atom. The van der Waals surface area contributed by atoms with Gasteiger partial charge in [0.2, 0.25) is 0 Å². The maximum Gasteiger partial charge on any atom is 0.350 e. The van der Waals surface area contributed by atoms with Gasteiger partial charge in [0, 0.05) is 17.7 Å². The maximum atomic E-state index is 13.6. The molecule has 0 saturated carbocycles. The number of non-ortho nitro benzene ring substituents is 1. The molecule has 12 heteroatoms. The molecule has 1 N–H and O–H groups in total. The molecule has 1 amide bonds. The number of ketones is 1. The van der Waals surface area contributed by atoms with Crippen LogP contribution in [0.1, 0.15) is 43.7 Å². The number of aryl methyl sites for hydroxylation is 2. The lowest BCUT2D eigenvalue weighted by Gasteiger charge is -2.23. The maximum absolute atomic E-state index is 13.6. The first kappa shape index (κ1) is 30.8. The summed E-state index contributed by atoms with van der Waals surface area (Å²) in [5.74, 6) is -2.53. The molecule has 0 bridgehead atoms. The molecule has 1 atom stereocenters. The highest BCUT2D eigenvalue weighted by atomic mass is 32.1. The molecule has 1 fully saturated rings. The lowest BCUT2D eigenvalue weighted by Crippen LogP contribution is -2.29. The topological polar surface area (TPSA) is 149 Å². The smallest absolute Gasteiger partial charge is 0.350 e. The highest BCUT2D eigenvalue weighted by molar-refractivity contribution is 7.17. The monoisotopic (exact) mass is 625 g/mol. The normalized spacial score (nSPS) is 15.6. The minimum absolute atomic E-state index is 0.0170. The molecular formula is C33H27N3O8S. The Bertz CT molecular complexity index is 1850. The van der Waals surface area contributed by atoms with Crippen molar-refractivity contribution in [3.8, 4) is 5.75 Å². The zero-order chi connectivity index (χ0) is 32.2. The number of nitro benzene ring substituents is 1. The van der Waals surface area contributed by atoms with Crippen molar-refractivity contribution in [3.05, 3.63) is 134 Å². The van der Waals surface area contributed by atoms with Crippen molar-refractivity contribution in [2.45, 2.75) is 26.5 Å². The third-order valence-corrected chi connectivity index (χ3v) is 8.20. The fourth-order valence-electron chi connectivity index (χ4n) is 4.85. The van der Waals surface area contributed by atoms with Crippen LogP contribution in [0.2, 0.25) is 0 Å². The van der Waals surface area contributed by atoms with Crippen LogP contribution in [-0.4, -0.2) is 39.3 Å². The molecule has 1 aliphatic rings. The molecule has 2 heterocycles. The second kappa shape index (κ2) is 12.9. The number of nitro groups is 1. The molecule has 5 rings (SSSR count). The number of aliphatic hydroxyl groups excluding tert-OH is 1. The van der Waals surface area contributed by atoms with Gasteiger partial charge in [-0.25, -0.2) is 9.78 Å². The number of esters is 1. The minimum Gasteiger partial charge on any atom is -0.507 e. The summed E-state index contributed by atoms with van der Waals surface area (Å²) in [6.45, 7) is 7.16. The summed E-state index contributed by atoms with van der Waals surface area (Å²) in [6, 6.07) is 18.5. The van der Waals surface area contributed by atoms with E-state index in [1.807, 2.05) is 30.3 Å². The summed E-state index contributed by atoms with van der Waals surface area (Å²) in [5, 5.41) is 22.9. The van der Waals surface area contributed by atoms with Crippen molar-refractivity contribution in [2.75, 3.05) is 11.5 Å². The molecule has 11 nitrogen and oxygen atoms in total. The Hall–Kier alpha value is -5.62. The lowest BCUT2D eigenvalue weighted by molar-refractivity contribution is -0.384. The number of carbonyl (C=O) groups is 3. The second-order valence-corrected chi connectivity index (χ2v) is 11.0. The van der Waals surface area contributed by atoms with Gasteiger partial charge in [-0.2, -0.15) is 0 Å². The van der Waals surface area contributed by atoms with E-state index in [2.05, 4.69) is 11.6 Å². The number of aliphatic hydroxyl groups is 1. The molecule has 0 radical (unpaired) electrons. The van der Waals surface area contributed by atoms with Gasteiger partial charge in [-0.05, 0) is 60.9 Å². The number of Topliss-reactive ketones (excluding diaryl/α,β-unsaturated/α-hetero) is 1. The fourth-order valence-corrected chi connectivity index (χ4v) is 5.84. The summed E-state index contributed by atoms with van der Waals surface area (Å²) in [5.41, 5.74) is 2.05. The van der Waals surface area contributed by atoms with Crippen molar-refractivity contribution >= 4 is 45.6 Å². The summed E-state index contributed by atoms with van der Waals surface area (Å²) >= 11 is 0.849. The summed E-state index contributed by atoms with van der Waals surface area (Å²) in [4.78, 5) is 56.1. The van der Waals surface area contributed by atoms with E-state index in [1.165, 1.54) is 30.3 Å². The fraction of sp³-hybridized carbons (Fsp3) is 0.152. The average molecular weight is 626 g/mol. The molecule has 228 valence electrons. The van der Waals surface area contributed by atoms with Gasteiger partial charge in [0.15, 0.2) is 5.13 Å². The van der Waals surface area contributed by atoms with Crippen LogP contribution in [0.5, 0.6) is 5.75 Å². The number of amides is 1. The Balaban J connectivity index is 1.57. The van der Waals surface area contributed by atoms with Crippen molar-refractivity contribution in [1.29, 1.82) is 0 Å². The number of ether oxygens (including phenoxy) is 2. The van der Waals surface area contributed by atoms with Crippen molar-refractivity contribution in [2.24, 2.45) is 0 Å². The van der Waals surface area contributed by atoms with Crippen LogP contribution in [-0.2, 0) is 20.9 Å². The van der Waals surface area contributed by atoms with Crippen LogP contribution in [0, 0.1) is 24.0 Å². The SMILES string of the molecule is C=CCOC(=O)c1sc(N2C(=O)C(=O)/C(=C(/O)c3ccc(OCc4ccccc4)c(C)c3)[C@H]2c2ccc([N+](=O)[O-])cc2)nc1C. The molecule has 3 aromatic carbocycles. The first-order valence-electron chi connectivity index (χ1n) is 13.7. The lowest BCUT2D eigenvalue weighted by atomic mass is 9.94. The van der Waals surface area contributed by atoms with Crippen LogP contribution < -0.4 is 9.64 Å². The van der Waals surface area contributed by atoms with Gasteiger partial charge >= 0.3 is 11.9 Å². The standard InChI is InChI=1S/C33H27N3O8S/c1-4-16-43-32(40)30-20(3)34-33(45-30)35-27(22-10-13-24(14-11-22)36(41)42)26(29(38)31(35)39)28(37)23-12-15-25(19(2)17-23)44-18-21-8-6-5-7-9-21/h4-15,17,27,37H,1,16,18H2,2-3H3/b28-26+/t27-/m1/s1.